The molecule has 2 saturated carbocycles. The van der Waals surface area contributed by atoms with Crippen LogP contribution in [0.1, 0.15) is 85.5 Å². The Bertz CT molecular complexity index is 1440. The number of carboxylic acids is 1. The van der Waals surface area contributed by atoms with Gasteiger partial charge in [0.2, 0.25) is 0 Å². The van der Waals surface area contributed by atoms with E-state index in [9.17, 15) is 39.3 Å². The maximum absolute atomic E-state index is 14.0. The molecule has 0 aromatic rings. The number of rotatable bonds is 14. The lowest BCUT2D eigenvalue weighted by Crippen LogP contribution is -2.46. The van der Waals surface area contributed by atoms with Crippen LogP contribution < -0.4 is 5.32 Å². The number of fused-ring (bicyclic) bond motifs is 1. The van der Waals surface area contributed by atoms with Crippen molar-refractivity contribution in [2.24, 2.45) is 40.9 Å². The van der Waals surface area contributed by atoms with E-state index in [1.807, 2.05) is 13.8 Å². The minimum Gasteiger partial charge on any atom is -0.511 e. The Hall–Kier alpha value is -3.79. The van der Waals surface area contributed by atoms with Crippen molar-refractivity contribution in [3.8, 4) is 0 Å². The SMILES string of the molecule is C=CC(CCCCC)[C@]1(CC2=C(/C=C/CC)C(=O)OC2=O)CNC(=O)/C1=C(/O)[C@@H]1[C@@H]2[C@H](C[C@@H](C(=O)O)C[C@H]2C)C[C@@]1(O)C(=O)/C=C/C. The molecule has 0 aromatic heterocycles. The van der Waals surface area contributed by atoms with Gasteiger partial charge in [-0.05, 0) is 75.2 Å². The van der Waals surface area contributed by atoms with Gasteiger partial charge >= 0.3 is 17.9 Å². The Morgan fingerprint density at radius 1 is 1.13 bits per heavy atom. The van der Waals surface area contributed by atoms with Crippen LogP contribution in [0.2, 0.25) is 0 Å². The number of carboxylic acid groups (broad SMARTS) is 1. The van der Waals surface area contributed by atoms with Crippen LogP contribution in [0.15, 0.2) is 59.4 Å². The van der Waals surface area contributed by atoms with Crippen LogP contribution in [-0.2, 0) is 28.7 Å². The molecule has 8 atom stereocenters. The molecule has 1 unspecified atom stereocenters. The van der Waals surface area contributed by atoms with E-state index in [0.29, 0.717) is 19.3 Å². The summed E-state index contributed by atoms with van der Waals surface area (Å²) in [6, 6.07) is 0. The van der Waals surface area contributed by atoms with E-state index in [-0.39, 0.29) is 48.4 Å². The predicted octanol–water partition coefficient (Wildman–Crippen LogP) is 5.29. The number of unbranched alkanes of at least 4 members (excludes halogenated alkanes) is 2. The number of aliphatic carboxylic acids is 1. The van der Waals surface area contributed by atoms with Gasteiger partial charge in [0, 0.05) is 12.0 Å². The van der Waals surface area contributed by atoms with E-state index in [2.05, 4.69) is 18.8 Å². The molecule has 0 radical (unpaired) electrons. The van der Waals surface area contributed by atoms with Crippen molar-refractivity contribution < 1.29 is 44.0 Å². The number of allylic oxidation sites excluding steroid dienone is 3. The quantitative estimate of drug-likeness (QED) is 0.0487. The third-order valence-corrected chi connectivity index (χ3v) is 11.0. The maximum Gasteiger partial charge on any atom is 0.346 e. The topological polar surface area (TPSA) is 167 Å². The Morgan fingerprint density at radius 2 is 1.85 bits per heavy atom. The summed E-state index contributed by atoms with van der Waals surface area (Å²) in [4.78, 5) is 65.6. The molecule has 4 rings (SSSR count). The van der Waals surface area contributed by atoms with Crippen molar-refractivity contribution in [2.75, 3.05) is 6.54 Å². The molecule has 47 heavy (non-hydrogen) atoms. The number of amides is 1. The first kappa shape index (κ1) is 36.1. The Labute approximate surface area is 276 Å². The Balaban J connectivity index is 1.98. The van der Waals surface area contributed by atoms with E-state index in [1.54, 1.807) is 25.2 Å². The van der Waals surface area contributed by atoms with Gasteiger partial charge < -0.3 is 25.4 Å². The highest BCUT2D eigenvalue weighted by atomic mass is 16.6. The van der Waals surface area contributed by atoms with Gasteiger partial charge in [-0.3, -0.25) is 14.4 Å². The number of ketones is 1. The maximum atomic E-state index is 14.0. The van der Waals surface area contributed by atoms with E-state index >= 15 is 0 Å². The van der Waals surface area contributed by atoms with Crippen LogP contribution in [0.5, 0.6) is 0 Å². The summed E-state index contributed by atoms with van der Waals surface area (Å²) in [5, 5.41) is 37.4. The molecule has 1 saturated heterocycles. The van der Waals surface area contributed by atoms with E-state index < -0.39 is 76.0 Å². The van der Waals surface area contributed by atoms with Gasteiger partial charge in [0.1, 0.15) is 11.4 Å². The number of nitrogens with one attached hydrogen (secondary N) is 1. The highest BCUT2D eigenvalue weighted by Crippen LogP contribution is 2.59. The van der Waals surface area contributed by atoms with Gasteiger partial charge in [-0.25, -0.2) is 9.59 Å². The zero-order valence-corrected chi connectivity index (χ0v) is 27.9. The minimum atomic E-state index is -2.10. The standard InChI is InChI=1S/C37H49NO9/c1-6-10-12-14-24(9-4)36(19-26-25(15-11-7-2)34(44)47-35(26)45)20-38-32(41)30(36)31(40)29-28-21(5)16-22(33(42)43)17-23(28)18-37(29,46)27(39)13-8-3/h8-9,11,13,15,21-24,28-29,40,46H,4,6-7,10,12,14,16-20H2,1-3,5H3,(H,38,41)(H,42,43)/b13-8+,15-11+,31-30-/t21-,22+,23-,24?,28+,29+,36+,37-/m1/s1. The molecule has 3 fully saturated rings. The number of ether oxygens (including phenoxy) is 1. The predicted molar refractivity (Wildman–Crippen MR) is 174 cm³/mol. The largest absolute Gasteiger partial charge is 0.511 e. The first-order valence-electron chi connectivity index (χ1n) is 16.9. The normalized spacial score (nSPS) is 34.1. The fourth-order valence-electron chi connectivity index (χ4n) is 8.84. The van der Waals surface area contributed by atoms with Crippen molar-refractivity contribution in [3.05, 3.63) is 59.4 Å². The second-order valence-electron chi connectivity index (χ2n) is 13.8. The molecule has 0 spiro atoms. The number of hydrogen-bond acceptors (Lipinski definition) is 8. The molecular formula is C37H49NO9. The van der Waals surface area contributed by atoms with Crippen LogP contribution in [0.3, 0.4) is 0 Å². The van der Waals surface area contributed by atoms with Crippen LogP contribution in [-0.4, -0.2) is 57.1 Å². The van der Waals surface area contributed by atoms with Gasteiger partial charge in [-0.15, -0.1) is 6.58 Å². The van der Waals surface area contributed by atoms with Gasteiger partial charge in [0.15, 0.2) is 5.78 Å². The number of carbonyl (C=O) groups is 5. The Kier molecular flexibility index (Phi) is 11.2. The molecule has 0 bridgehead atoms. The zero-order valence-electron chi connectivity index (χ0n) is 27.9. The lowest BCUT2D eigenvalue weighted by molar-refractivity contribution is -0.151. The van der Waals surface area contributed by atoms with Crippen molar-refractivity contribution in [2.45, 2.75) is 91.1 Å². The number of aliphatic hydroxyl groups is 2. The number of cyclic esters (lactones) is 2. The molecule has 256 valence electrons. The summed E-state index contributed by atoms with van der Waals surface area (Å²) in [6.45, 7) is 11.5. The molecule has 2 heterocycles. The molecule has 4 N–H and O–H groups in total. The summed E-state index contributed by atoms with van der Waals surface area (Å²) < 4.78 is 5.03. The van der Waals surface area contributed by atoms with E-state index in [1.165, 1.54) is 12.2 Å². The molecule has 10 heteroatoms. The minimum absolute atomic E-state index is 0.0163. The number of carbonyl (C=O) groups excluding carboxylic acids is 4. The van der Waals surface area contributed by atoms with Crippen LogP contribution in [0, 0.1) is 40.9 Å². The second kappa shape index (κ2) is 14.5. The van der Waals surface area contributed by atoms with Gasteiger partial charge in [0.25, 0.3) is 5.91 Å². The number of hydrogen-bond donors (Lipinski definition) is 4. The molecular weight excluding hydrogens is 602 g/mol. The lowest BCUT2D eigenvalue weighted by Gasteiger charge is -2.41. The van der Waals surface area contributed by atoms with Crippen LogP contribution >= 0.6 is 0 Å². The molecule has 2 aliphatic heterocycles. The molecule has 2 aliphatic carbocycles. The van der Waals surface area contributed by atoms with E-state index in [4.69, 9.17) is 4.74 Å². The second-order valence-corrected chi connectivity index (χ2v) is 13.8. The van der Waals surface area contributed by atoms with Crippen molar-refractivity contribution in [3.63, 3.8) is 0 Å². The van der Waals surface area contributed by atoms with Crippen molar-refractivity contribution in [1.29, 1.82) is 0 Å². The van der Waals surface area contributed by atoms with Crippen molar-refractivity contribution in [1.82, 2.24) is 5.32 Å². The third kappa shape index (κ3) is 6.53. The van der Waals surface area contributed by atoms with Crippen molar-refractivity contribution >= 4 is 29.6 Å². The van der Waals surface area contributed by atoms with Crippen LogP contribution in [0.25, 0.3) is 0 Å². The fraction of sp³-hybridized carbons (Fsp3) is 0.595. The summed E-state index contributed by atoms with van der Waals surface area (Å²) in [6.07, 6.45) is 11.8. The van der Waals surface area contributed by atoms with Crippen LogP contribution in [0.4, 0.5) is 0 Å². The van der Waals surface area contributed by atoms with Gasteiger partial charge in [0.05, 0.1) is 28.6 Å². The summed E-state index contributed by atoms with van der Waals surface area (Å²) in [5.41, 5.74) is -3.24. The molecule has 1 amide bonds. The molecule has 10 nitrogen and oxygen atoms in total. The van der Waals surface area contributed by atoms with Gasteiger partial charge in [-0.1, -0.05) is 64.3 Å². The summed E-state index contributed by atoms with van der Waals surface area (Å²) in [7, 11) is 0. The monoisotopic (exact) mass is 651 g/mol. The smallest absolute Gasteiger partial charge is 0.346 e. The van der Waals surface area contributed by atoms with E-state index in [0.717, 1.165) is 19.3 Å². The fourth-order valence-corrected chi connectivity index (χ4v) is 8.84. The first-order valence-corrected chi connectivity index (χ1v) is 16.9. The first-order chi connectivity index (χ1) is 22.3. The summed E-state index contributed by atoms with van der Waals surface area (Å²) in [5.74, 6) is -7.71. The summed E-state index contributed by atoms with van der Waals surface area (Å²) >= 11 is 0. The number of esters is 2. The lowest BCUT2D eigenvalue weighted by atomic mass is 9.62. The highest BCUT2D eigenvalue weighted by Gasteiger charge is 2.63. The average molecular weight is 652 g/mol. The third-order valence-electron chi connectivity index (χ3n) is 11.0. The molecule has 4 aliphatic rings. The Morgan fingerprint density at radius 3 is 2.47 bits per heavy atom. The highest BCUT2D eigenvalue weighted by molar-refractivity contribution is 6.14. The average Bonchev–Trinajstić information content (AvgIpc) is 3.62. The molecule has 0 aromatic carbocycles. The number of aliphatic hydroxyl groups excluding tert-OH is 1. The van der Waals surface area contributed by atoms with Gasteiger partial charge in [-0.2, -0.15) is 0 Å². The zero-order chi connectivity index (χ0) is 34.7.